The normalized spacial score (nSPS) is 16.2. The summed E-state index contributed by atoms with van der Waals surface area (Å²) in [5, 5.41) is 1.15. The van der Waals surface area contributed by atoms with Crippen LogP contribution in [-0.4, -0.2) is 15.8 Å². The van der Waals surface area contributed by atoms with E-state index in [4.69, 9.17) is 0 Å². The first-order valence-corrected chi connectivity index (χ1v) is 11.4. The van der Waals surface area contributed by atoms with Crippen molar-refractivity contribution in [1.82, 2.24) is 9.88 Å². The molecule has 2 heterocycles. The summed E-state index contributed by atoms with van der Waals surface area (Å²) in [6.45, 7) is 2.13. The molecular formula is C30H24N2O. The molecule has 1 aliphatic rings. The van der Waals surface area contributed by atoms with Gasteiger partial charge in [0.05, 0.1) is 17.8 Å². The summed E-state index contributed by atoms with van der Waals surface area (Å²) in [6.07, 6.45) is 0. The fourth-order valence-corrected chi connectivity index (χ4v) is 5.20. The molecule has 1 aliphatic heterocycles. The van der Waals surface area contributed by atoms with Gasteiger partial charge in [-0.25, -0.2) is 0 Å². The van der Waals surface area contributed by atoms with Gasteiger partial charge in [-0.05, 0) is 35.7 Å². The van der Waals surface area contributed by atoms with Crippen molar-refractivity contribution in [2.45, 2.75) is 19.0 Å². The lowest BCUT2D eigenvalue weighted by molar-refractivity contribution is 0.0678. The first-order chi connectivity index (χ1) is 16.2. The number of carbonyl (C=O) groups is 1. The molecular weight excluding hydrogens is 404 g/mol. The number of benzene rings is 4. The molecule has 5 aromatic rings. The molecule has 4 aromatic carbocycles. The van der Waals surface area contributed by atoms with Crippen molar-refractivity contribution in [3.63, 3.8) is 0 Å². The van der Waals surface area contributed by atoms with Crippen LogP contribution >= 0.6 is 0 Å². The summed E-state index contributed by atoms with van der Waals surface area (Å²) in [4.78, 5) is 19.5. The van der Waals surface area contributed by atoms with E-state index >= 15 is 0 Å². The maximum atomic E-state index is 13.8. The van der Waals surface area contributed by atoms with Crippen molar-refractivity contribution in [2.24, 2.45) is 0 Å². The molecule has 0 aliphatic carbocycles. The third-order valence-electron chi connectivity index (χ3n) is 6.78. The number of H-pyrrole nitrogens is 1. The van der Waals surface area contributed by atoms with Gasteiger partial charge in [0, 0.05) is 22.0 Å². The van der Waals surface area contributed by atoms with Crippen LogP contribution in [-0.2, 0) is 0 Å². The Kier molecular flexibility index (Phi) is 4.62. The van der Waals surface area contributed by atoms with Gasteiger partial charge in [0.2, 0.25) is 0 Å². The maximum absolute atomic E-state index is 13.8. The lowest BCUT2D eigenvalue weighted by Gasteiger charge is -2.32. The van der Waals surface area contributed by atoms with Gasteiger partial charge in [0.1, 0.15) is 0 Å². The van der Waals surface area contributed by atoms with Crippen LogP contribution in [0.25, 0.3) is 22.2 Å². The number of amides is 1. The second kappa shape index (κ2) is 7.79. The van der Waals surface area contributed by atoms with E-state index in [1.54, 1.807) is 0 Å². The van der Waals surface area contributed by atoms with Gasteiger partial charge in [0.15, 0.2) is 0 Å². The summed E-state index contributed by atoms with van der Waals surface area (Å²) in [6, 6.07) is 36.9. The van der Waals surface area contributed by atoms with E-state index in [-0.39, 0.29) is 18.0 Å². The SMILES string of the molecule is C[C@@H](c1ccccc1)N1C(=O)c2ccccc2[C@H]1c1c(-c2ccccc2)[nH]c2ccccc12. The Bertz CT molecular complexity index is 1450. The third kappa shape index (κ3) is 3.08. The molecule has 0 saturated heterocycles. The van der Waals surface area contributed by atoms with Gasteiger partial charge >= 0.3 is 0 Å². The standard InChI is InChI=1S/C30H24N2O/c1-20(21-12-4-2-5-13-21)32-29(23-16-8-9-17-24(23)30(32)33)27-25-18-10-11-19-26(25)31-28(27)22-14-6-3-7-15-22/h2-20,29,31H,1H3/t20-,29-/m0/s1. The van der Waals surface area contributed by atoms with Crippen LogP contribution in [0.1, 0.15) is 46.1 Å². The number of para-hydroxylation sites is 1. The van der Waals surface area contributed by atoms with Crippen molar-refractivity contribution in [2.75, 3.05) is 0 Å². The number of aromatic nitrogens is 1. The molecule has 0 saturated carbocycles. The monoisotopic (exact) mass is 428 g/mol. The Morgan fingerprint density at radius 2 is 1.39 bits per heavy atom. The van der Waals surface area contributed by atoms with E-state index in [1.807, 2.05) is 42.5 Å². The molecule has 1 N–H and O–H groups in total. The highest BCUT2D eigenvalue weighted by Gasteiger charge is 2.42. The number of rotatable bonds is 4. The number of hydrogen-bond acceptors (Lipinski definition) is 1. The molecule has 0 fully saturated rings. The van der Waals surface area contributed by atoms with Crippen molar-refractivity contribution in [1.29, 1.82) is 0 Å². The van der Waals surface area contributed by atoms with Gasteiger partial charge in [-0.2, -0.15) is 0 Å². The Morgan fingerprint density at radius 1 is 0.758 bits per heavy atom. The summed E-state index contributed by atoms with van der Waals surface area (Å²) in [7, 11) is 0. The number of carbonyl (C=O) groups excluding carboxylic acids is 1. The molecule has 1 aromatic heterocycles. The van der Waals surface area contributed by atoms with Crippen LogP contribution in [0.4, 0.5) is 0 Å². The highest BCUT2D eigenvalue weighted by atomic mass is 16.2. The zero-order valence-electron chi connectivity index (χ0n) is 18.4. The average molecular weight is 429 g/mol. The van der Waals surface area contributed by atoms with Crippen LogP contribution in [0.3, 0.4) is 0 Å². The predicted molar refractivity (Wildman–Crippen MR) is 133 cm³/mol. The van der Waals surface area contributed by atoms with Crippen LogP contribution in [0.2, 0.25) is 0 Å². The minimum atomic E-state index is -0.185. The van der Waals surface area contributed by atoms with E-state index < -0.39 is 0 Å². The van der Waals surface area contributed by atoms with E-state index in [0.717, 1.165) is 44.4 Å². The topological polar surface area (TPSA) is 36.1 Å². The predicted octanol–water partition coefficient (Wildman–Crippen LogP) is 7.14. The fourth-order valence-electron chi connectivity index (χ4n) is 5.20. The van der Waals surface area contributed by atoms with Crippen molar-refractivity contribution in [3.8, 4) is 11.3 Å². The van der Waals surface area contributed by atoms with Gasteiger partial charge in [-0.3, -0.25) is 4.79 Å². The molecule has 2 atom stereocenters. The zero-order valence-corrected chi connectivity index (χ0v) is 18.4. The summed E-state index contributed by atoms with van der Waals surface area (Å²) < 4.78 is 0. The Balaban J connectivity index is 1.63. The third-order valence-corrected chi connectivity index (χ3v) is 6.78. The molecule has 6 rings (SSSR count). The lowest BCUT2D eigenvalue weighted by Crippen LogP contribution is -2.31. The number of aromatic amines is 1. The van der Waals surface area contributed by atoms with Gasteiger partial charge < -0.3 is 9.88 Å². The van der Waals surface area contributed by atoms with Crippen molar-refractivity contribution in [3.05, 3.63) is 131 Å². The smallest absolute Gasteiger partial charge is 0.255 e. The van der Waals surface area contributed by atoms with Gasteiger partial charge in [-0.15, -0.1) is 0 Å². The molecule has 33 heavy (non-hydrogen) atoms. The minimum absolute atomic E-state index is 0.0756. The van der Waals surface area contributed by atoms with Crippen LogP contribution in [0.5, 0.6) is 0 Å². The number of hydrogen-bond donors (Lipinski definition) is 1. The second-order valence-electron chi connectivity index (χ2n) is 8.61. The van der Waals surface area contributed by atoms with Crippen LogP contribution in [0, 0.1) is 0 Å². The number of nitrogens with one attached hydrogen (secondary N) is 1. The van der Waals surface area contributed by atoms with Crippen molar-refractivity contribution < 1.29 is 4.79 Å². The largest absolute Gasteiger partial charge is 0.354 e. The minimum Gasteiger partial charge on any atom is -0.354 e. The van der Waals surface area contributed by atoms with E-state index in [0.29, 0.717) is 0 Å². The summed E-state index contributed by atoms with van der Waals surface area (Å²) >= 11 is 0. The molecule has 160 valence electrons. The Morgan fingerprint density at radius 3 is 2.18 bits per heavy atom. The number of fused-ring (bicyclic) bond motifs is 2. The Hall–Kier alpha value is -4.11. The average Bonchev–Trinajstić information content (AvgIpc) is 3.40. The first-order valence-electron chi connectivity index (χ1n) is 11.4. The highest BCUT2D eigenvalue weighted by molar-refractivity contribution is 6.02. The van der Waals surface area contributed by atoms with Gasteiger partial charge in [0.25, 0.3) is 5.91 Å². The molecule has 0 radical (unpaired) electrons. The van der Waals surface area contributed by atoms with E-state index in [1.165, 1.54) is 0 Å². The molecule has 0 spiro atoms. The van der Waals surface area contributed by atoms with E-state index in [9.17, 15) is 4.79 Å². The fraction of sp³-hybridized carbons (Fsp3) is 0.100. The summed E-state index contributed by atoms with van der Waals surface area (Å²) in [5.74, 6) is 0.0799. The van der Waals surface area contributed by atoms with Crippen molar-refractivity contribution >= 4 is 16.8 Å². The lowest BCUT2D eigenvalue weighted by atomic mass is 9.92. The van der Waals surface area contributed by atoms with Crippen LogP contribution in [0.15, 0.2) is 109 Å². The van der Waals surface area contributed by atoms with Gasteiger partial charge in [-0.1, -0.05) is 97.1 Å². The molecule has 3 nitrogen and oxygen atoms in total. The maximum Gasteiger partial charge on any atom is 0.255 e. The molecule has 1 amide bonds. The molecule has 0 unspecified atom stereocenters. The number of nitrogens with zero attached hydrogens (tertiary/aromatic N) is 1. The molecule has 0 bridgehead atoms. The highest BCUT2D eigenvalue weighted by Crippen LogP contribution is 2.48. The quantitative estimate of drug-likeness (QED) is 0.324. The summed E-state index contributed by atoms with van der Waals surface area (Å²) in [5.41, 5.74) is 7.39. The first kappa shape index (κ1) is 19.6. The van der Waals surface area contributed by atoms with E-state index in [2.05, 4.69) is 83.5 Å². The van der Waals surface area contributed by atoms with Crippen LogP contribution < -0.4 is 0 Å². The second-order valence-corrected chi connectivity index (χ2v) is 8.61. The Labute approximate surface area is 193 Å². The molecule has 3 heteroatoms. The zero-order chi connectivity index (χ0) is 22.4.